The third-order valence-electron chi connectivity index (χ3n) is 8.41. The van der Waals surface area contributed by atoms with Crippen molar-refractivity contribution in [1.29, 1.82) is 5.26 Å². The predicted octanol–water partition coefficient (Wildman–Crippen LogP) is 3.14. The second-order valence-electron chi connectivity index (χ2n) is 10.8. The summed E-state index contributed by atoms with van der Waals surface area (Å²) in [4.78, 5) is 34.4. The molecule has 0 radical (unpaired) electrons. The number of likely N-dealkylation sites (N-methyl/N-ethyl adjacent to an activating group) is 1. The number of rotatable bonds is 6. The van der Waals surface area contributed by atoms with Crippen LogP contribution >= 0.6 is 0 Å². The van der Waals surface area contributed by atoms with Gasteiger partial charge >= 0.3 is 12.1 Å². The van der Waals surface area contributed by atoms with Gasteiger partial charge in [-0.25, -0.2) is 9.78 Å². The van der Waals surface area contributed by atoms with Gasteiger partial charge in [0.05, 0.1) is 30.8 Å². The van der Waals surface area contributed by atoms with E-state index < -0.39 is 12.1 Å². The molecule has 11 heteroatoms. The van der Waals surface area contributed by atoms with Crippen molar-refractivity contribution in [3.05, 3.63) is 47.8 Å². The molecular formula is C29H34N8O3. The van der Waals surface area contributed by atoms with E-state index in [4.69, 9.17) is 19.7 Å². The number of aromatic nitrogens is 3. The van der Waals surface area contributed by atoms with Gasteiger partial charge in [0, 0.05) is 49.4 Å². The van der Waals surface area contributed by atoms with E-state index in [2.05, 4.69) is 39.9 Å². The fourth-order valence-corrected chi connectivity index (χ4v) is 6.19. The zero-order valence-electron chi connectivity index (χ0n) is 22.7. The Balaban J connectivity index is 1.33. The molecule has 0 bridgehead atoms. The fourth-order valence-electron chi connectivity index (χ4n) is 6.19. The molecule has 6 rings (SSSR count). The van der Waals surface area contributed by atoms with Gasteiger partial charge in [0.15, 0.2) is 0 Å². The largest absolute Gasteiger partial charge is 0.465 e. The van der Waals surface area contributed by atoms with Crippen LogP contribution in [0.5, 0.6) is 6.01 Å². The van der Waals surface area contributed by atoms with Gasteiger partial charge in [-0.1, -0.05) is 24.3 Å². The first kappa shape index (κ1) is 26.1. The van der Waals surface area contributed by atoms with E-state index in [0.29, 0.717) is 44.8 Å². The molecule has 1 N–H and O–H groups in total. The number of pyridine rings is 1. The fraction of sp³-hybridized carbons (Fsp3) is 0.483. The number of benzene rings is 1. The molecule has 11 nitrogen and oxygen atoms in total. The van der Waals surface area contributed by atoms with Gasteiger partial charge in [-0.3, -0.25) is 0 Å². The number of ether oxygens (including phenoxy) is 1. The lowest BCUT2D eigenvalue weighted by Crippen LogP contribution is -2.55. The molecule has 2 aromatic heterocycles. The summed E-state index contributed by atoms with van der Waals surface area (Å²) >= 11 is 0. The molecule has 2 saturated heterocycles. The number of anilines is 2. The zero-order chi connectivity index (χ0) is 27.6. The summed E-state index contributed by atoms with van der Waals surface area (Å²) in [6.45, 7) is 4.13. The van der Waals surface area contributed by atoms with E-state index in [1.807, 2.05) is 24.4 Å². The van der Waals surface area contributed by atoms with Gasteiger partial charge in [0.2, 0.25) is 0 Å². The van der Waals surface area contributed by atoms with E-state index in [9.17, 15) is 15.2 Å². The molecule has 3 aliphatic rings. The molecule has 5 heterocycles. The molecule has 2 unspecified atom stereocenters. The molecule has 2 atom stereocenters. The van der Waals surface area contributed by atoms with Crippen molar-refractivity contribution in [2.45, 2.75) is 44.3 Å². The van der Waals surface area contributed by atoms with E-state index in [-0.39, 0.29) is 6.42 Å². The lowest BCUT2D eigenvalue weighted by atomic mass is 10.0. The Morgan fingerprint density at radius 1 is 1.10 bits per heavy atom. The van der Waals surface area contributed by atoms with Gasteiger partial charge in [-0.05, 0) is 44.3 Å². The van der Waals surface area contributed by atoms with E-state index in [0.717, 1.165) is 66.0 Å². The average molecular weight is 543 g/mol. The highest BCUT2D eigenvalue weighted by Gasteiger charge is 2.34. The number of carboxylic acid groups (broad SMARTS) is 1. The number of fused-ring (bicyclic) bond motifs is 2. The minimum absolute atomic E-state index is 0.133. The zero-order valence-corrected chi connectivity index (χ0v) is 22.7. The number of hydrogen-bond donors (Lipinski definition) is 1. The van der Waals surface area contributed by atoms with Gasteiger partial charge in [-0.2, -0.15) is 15.2 Å². The quantitative estimate of drug-likeness (QED) is 0.497. The number of carbonyl (C=O) groups is 1. The van der Waals surface area contributed by atoms with Crippen molar-refractivity contribution < 1.29 is 14.6 Å². The number of amides is 1. The number of likely N-dealkylation sites (tertiary alicyclic amines) is 1. The molecule has 0 saturated carbocycles. The molecule has 40 heavy (non-hydrogen) atoms. The number of nitrogens with zero attached hydrogens (tertiary/aromatic N) is 8. The van der Waals surface area contributed by atoms with Crippen molar-refractivity contribution in [3.8, 4) is 12.1 Å². The first-order valence-corrected chi connectivity index (χ1v) is 13.9. The van der Waals surface area contributed by atoms with Crippen LogP contribution in [0, 0.1) is 11.3 Å². The van der Waals surface area contributed by atoms with Gasteiger partial charge in [0.25, 0.3) is 0 Å². The molecule has 0 spiro atoms. The Morgan fingerprint density at radius 3 is 2.77 bits per heavy atom. The average Bonchev–Trinajstić information content (AvgIpc) is 3.39. The highest BCUT2D eigenvalue weighted by molar-refractivity contribution is 5.92. The van der Waals surface area contributed by atoms with Gasteiger partial charge in [0.1, 0.15) is 18.2 Å². The minimum atomic E-state index is -0.993. The molecule has 0 aliphatic carbocycles. The Bertz CT molecular complexity index is 1440. The van der Waals surface area contributed by atoms with Crippen molar-refractivity contribution in [2.24, 2.45) is 0 Å². The number of piperazine rings is 1. The lowest BCUT2D eigenvalue weighted by molar-refractivity contribution is 0.119. The van der Waals surface area contributed by atoms with Crippen LogP contribution in [0.15, 0.2) is 36.5 Å². The molecule has 3 aromatic rings. The summed E-state index contributed by atoms with van der Waals surface area (Å²) < 4.78 is 6.22. The topological polar surface area (TPSA) is 122 Å². The van der Waals surface area contributed by atoms with Crippen molar-refractivity contribution in [2.75, 3.05) is 56.2 Å². The van der Waals surface area contributed by atoms with E-state index in [1.165, 1.54) is 4.90 Å². The Kier molecular flexibility index (Phi) is 7.26. The van der Waals surface area contributed by atoms with Crippen LogP contribution in [0.2, 0.25) is 0 Å². The second kappa shape index (κ2) is 11.1. The van der Waals surface area contributed by atoms with Crippen LogP contribution in [0.1, 0.15) is 30.5 Å². The smallest absolute Gasteiger partial charge is 0.407 e. The lowest BCUT2D eigenvalue weighted by Gasteiger charge is -2.41. The maximum atomic E-state index is 11.8. The Hall–Kier alpha value is -4.17. The summed E-state index contributed by atoms with van der Waals surface area (Å²) in [5, 5.41) is 21.3. The molecular weight excluding hydrogens is 508 g/mol. The summed E-state index contributed by atoms with van der Waals surface area (Å²) in [5.41, 5.74) is 1.96. The van der Waals surface area contributed by atoms with E-state index >= 15 is 0 Å². The van der Waals surface area contributed by atoms with E-state index in [1.54, 1.807) is 0 Å². The van der Waals surface area contributed by atoms with Crippen LogP contribution in [-0.4, -0.2) is 94.4 Å². The van der Waals surface area contributed by atoms with Crippen molar-refractivity contribution in [3.63, 3.8) is 0 Å². The molecule has 1 aromatic carbocycles. The molecule has 208 valence electrons. The summed E-state index contributed by atoms with van der Waals surface area (Å²) in [6, 6.07) is 12.7. The SMILES string of the molecule is CN1CCCC1COc1nc2c(c(N3CCN(C(=O)O)C(CC#N)C3)n1)CCN(c1nccc3ccccc13)C2. The third kappa shape index (κ3) is 5.07. The molecule has 2 fully saturated rings. The van der Waals surface area contributed by atoms with Crippen molar-refractivity contribution in [1.82, 2.24) is 24.8 Å². The summed E-state index contributed by atoms with van der Waals surface area (Å²) in [7, 11) is 2.12. The monoisotopic (exact) mass is 542 g/mol. The Labute approximate surface area is 233 Å². The summed E-state index contributed by atoms with van der Waals surface area (Å²) in [5.74, 6) is 1.72. The number of hydrogen-bond acceptors (Lipinski definition) is 9. The Morgan fingerprint density at radius 2 is 1.98 bits per heavy atom. The predicted molar refractivity (Wildman–Crippen MR) is 151 cm³/mol. The van der Waals surface area contributed by atoms with Gasteiger partial charge < -0.3 is 29.4 Å². The second-order valence-corrected chi connectivity index (χ2v) is 10.8. The normalized spacial score (nSPS) is 21.4. The maximum Gasteiger partial charge on any atom is 0.407 e. The first-order chi connectivity index (χ1) is 19.5. The molecule has 3 aliphatic heterocycles. The summed E-state index contributed by atoms with van der Waals surface area (Å²) in [6.07, 6.45) is 3.95. The highest BCUT2D eigenvalue weighted by atomic mass is 16.5. The standard InChI is InChI=1S/C29H34N8O3/c1-34-13-4-6-22(34)19-40-28-32-25-18-35(26-23-7-3-2-5-20(23)9-12-31-26)14-10-24(25)27(33-28)36-15-16-37(29(38)39)21(17-36)8-11-30/h2-3,5,7,9,12,21-22H,4,6,8,10,13-19H2,1H3,(H,38,39). The minimum Gasteiger partial charge on any atom is -0.465 e. The van der Waals surface area contributed by atoms with Crippen LogP contribution in [0.4, 0.5) is 16.4 Å². The van der Waals surface area contributed by atoms with Crippen molar-refractivity contribution >= 4 is 28.5 Å². The van der Waals surface area contributed by atoms with Crippen LogP contribution in [-0.2, 0) is 13.0 Å². The maximum absolute atomic E-state index is 11.8. The van der Waals surface area contributed by atoms with Gasteiger partial charge in [-0.15, -0.1) is 0 Å². The van der Waals surface area contributed by atoms with Crippen LogP contribution in [0.3, 0.4) is 0 Å². The highest BCUT2D eigenvalue weighted by Crippen LogP contribution is 2.34. The first-order valence-electron chi connectivity index (χ1n) is 13.9. The van der Waals surface area contributed by atoms with Crippen LogP contribution in [0.25, 0.3) is 10.8 Å². The van der Waals surface area contributed by atoms with Crippen LogP contribution < -0.4 is 14.5 Å². The number of nitriles is 1. The molecule has 1 amide bonds. The third-order valence-corrected chi connectivity index (χ3v) is 8.41.